The van der Waals surface area contributed by atoms with E-state index in [4.69, 9.17) is 11.6 Å². The maximum atomic E-state index is 13.6. The van der Waals surface area contributed by atoms with Crippen LogP contribution in [0.1, 0.15) is 22.0 Å². The Morgan fingerprint density at radius 1 is 1.03 bits per heavy atom. The molecular formula is C23H22ClF2N3O3S. The van der Waals surface area contributed by atoms with Gasteiger partial charge in [0.05, 0.1) is 16.0 Å². The molecule has 10 heteroatoms. The summed E-state index contributed by atoms with van der Waals surface area (Å²) in [6.07, 6.45) is 0. The Bertz CT molecular complexity index is 1250. The fourth-order valence-corrected chi connectivity index (χ4v) is 4.48. The quantitative estimate of drug-likeness (QED) is 0.486. The molecule has 0 radical (unpaired) electrons. The standard InChI is InChI=1S/C23H22ClF2N3O3S/c1-29(2)22(16-4-3-5-17(25)12-16)14-27-23(30)15-6-8-18(9-7-15)28-33(31,32)19-10-11-21(26)20(24)13-19/h3-13,22,28H,14H2,1-2H3,(H,27,30). The summed E-state index contributed by atoms with van der Waals surface area (Å²) >= 11 is 5.66. The lowest BCUT2D eigenvalue weighted by molar-refractivity contribution is 0.0942. The van der Waals surface area contributed by atoms with Crippen molar-refractivity contribution in [1.29, 1.82) is 0 Å². The number of hydrogen-bond donors (Lipinski definition) is 2. The van der Waals surface area contributed by atoms with Gasteiger partial charge in [-0.1, -0.05) is 23.7 Å². The molecule has 0 aliphatic heterocycles. The van der Waals surface area contributed by atoms with Crippen LogP contribution in [0.2, 0.25) is 5.02 Å². The van der Waals surface area contributed by atoms with Gasteiger partial charge in [-0.15, -0.1) is 0 Å². The molecule has 0 saturated heterocycles. The van der Waals surface area contributed by atoms with Gasteiger partial charge in [0.25, 0.3) is 15.9 Å². The largest absolute Gasteiger partial charge is 0.350 e. The summed E-state index contributed by atoms with van der Waals surface area (Å²) in [6, 6.07) is 14.8. The van der Waals surface area contributed by atoms with Crippen molar-refractivity contribution in [2.45, 2.75) is 10.9 Å². The van der Waals surface area contributed by atoms with E-state index in [2.05, 4.69) is 10.0 Å². The SMILES string of the molecule is CN(C)C(CNC(=O)c1ccc(NS(=O)(=O)c2ccc(F)c(Cl)c2)cc1)c1cccc(F)c1. The van der Waals surface area contributed by atoms with Gasteiger partial charge in [-0.05, 0) is 74.3 Å². The van der Waals surface area contributed by atoms with E-state index in [-0.39, 0.29) is 39.9 Å². The van der Waals surface area contributed by atoms with Crippen molar-refractivity contribution in [2.24, 2.45) is 0 Å². The number of anilines is 1. The highest BCUT2D eigenvalue weighted by atomic mass is 35.5. The van der Waals surface area contributed by atoms with E-state index < -0.39 is 15.8 Å². The molecule has 0 spiro atoms. The Balaban J connectivity index is 1.66. The van der Waals surface area contributed by atoms with Crippen LogP contribution in [0.4, 0.5) is 14.5 Å². The first-order valence-electron chi connectivity index (χ1n) is 9.85. The zero-order valence-corrected chi connectivity index (χ0v) is 19.4. The molecule has 1 atom stereocenters. The third-order valence-electron chi connectivity index (χ3n) is 4.91. The van der Waals surface area contributed by atoms with Crippen LogP contribution in [0.25, 0.3) is 0 Å². The molecule has 33 heavy (non-hydrogen) atoms. The fourth-order valence-electron chi connectivity index (χ4n) is 3.15. The summed E-state index contributed by atoms with van der Waals surface area (Å²) in [5.41, 5.74) is 1.27. The third kappa shape index (κ3) is 6.28. The summed E-state index contributed by atoms with van der Waals surface area (Å²) in [4.78, 5) is 14.2. The van der Waals surface area contributed by atoms with Crippen LogP contribution in [0.3, 0.4) is 0 Å². The first kappa shape index (κ1) is 24.6. The van der Waals surface area contributed by atoms with E-state index in [0.29, 0.717) is 5.56 Å². The average molecular weight is 494 g/mol. The number of carbonyl (C=O) groups excluding carboxylic acids is 1. The van der Waals surface area contributed by atoms with Crippen LogP contribution in [0.5, 0.6) is 0 Å². The third-order valence-corrected chi connectivity index (χ3v) is 6.58. The Kier molecular flexibility index (Phi) is 7.68. The van der Waals surface area contributed by atoms with Crippen molar-refractivity contribution in [3.05, 3.63) is 94.5 Å². The Morgan fingerprint density at radius 2 is 1.73 bits per heavy atom. The van der Waals surface area contributed by atoms with E-state index in [0.717, 1.165) is 23.8 Å². The summed E-state index contributed by atoms with van der Waals surface area (Å²) in [6.45, 7) is 0.245. The number of amides is 1. The number of benzene rings is 3. The van der Waals surface area contributed by atoms with Gasteiger partial charge in [0, 0.05) is 17.8 Å². The van der Waals surface area contributed by atoms with Gasteiger partial charge in [-0.3, -0.25) is 9.52 Å². The lowest BCUT2D eigenvalue weighted by atomic mass is 10.1. The number of nitrogens with one attached hydrogen (secondary N) is 2. The maximum absolute atomic E-state index is 13.6. The highest BCUT2D eigenvalue weighted by molar-refractivity contribution is 7.92. The van der Waals surface area contributed by atoms with Crippen molar-refractivity contribution >= 4 is 33.2 Å². The average Bonchev–Trinajstić information content (AvgIpc) is 2.75. The minimum Gasteiger partial charge on any atom is -0.350 e. The Labute approximate surface area is 196 Å². The molecule has 0 saturated carbocycles. The summed E-state index contributed by atoms with van der Waals surface area (Å²) in [7, 11) is -0.328. The monoisotopic (exact) mass is 493 g/mol. The highest BCUT2D eigenvalue weighted by Crippen LogP contribution is 2.22. The predicted molar refractivity (Wildman–Crippen MR) is 124 cm³/mol. The number of nitrogens with zero attached hydrogens (tertiary/aromatic N) is 1. The molecule has 2 N–H and O–H groups in total. The minimum atomic E-state index is -3.99. The van der Waals surface area contributed by atoms with Gasteiger partial charge in [0.2, 0.25) is 0 Å². The van der Waals surface area contributed by atoms with Crippen molar-refractivity contribution in [3.63, 3.8) is 0 Å². The molecule has 0 aliphatic rings. The van der Waals surface area contributed by atoms with E-state index in [1.165, 1.54) is 36.4 Å². The molecule has 3 rings (SSSR count). The second-order valence-electron chi connectivity index (χ2n) is 7.50. The molecule has 3 aromatic rings. The van der Waals surface area contributed by atoms with Crippen molar-refractivity contribution in [2.75, 3.05) is 25.4 Å². The zero-order valence-electron chi connectivity index (χ0n) is 17.8. The van der Waals surface area contributed by atoms with Gasteiger partial charge in [0.1, 0.15) is 11.6 Å². The summed E-state index contributed by atoms with van der Waals surface area (Å²) in [5.74, 6) is -1.44. The van der Waals surface area contributed by atoms with Crippen LogP contribution >= 0.6 is 11.6 Å². The maximum Gasteiger partial charge on any atom is 0.261 e. The van der Waals surface area contributed by atoms with Crippen LogP contribution in [0, 0.1) is 11.6 Å². The molecule has 6 nitrogen and oxygen atoms in total. The van der Waals surface area contributed by atoms with Gasteiger partial charge in [-0.2, -0.15) is 0 Å². The molecule has 0 fully saturated rings. The van der Waals surface area contributed by atoms with Crippen LogP contribution < -0.4 is 10.0 Å². The normalized spacial score (nSPS) is 12.4. The summed E-state index contributed by atoms with van der Waals surface area (Å²) in [5, 5.41) is 2.51. The Morgan fingerprint density at radius 3 is 2.33 bits per heavy atom. The summed E-state index contributed by atoms with van der Waals surface area (Å²) < 4.78 is 54.2. The molecule has 1 amide bonds. The van der Waals surface area contributed by atoms with E-state index in [9.17, 15) is 22.0 Å². The van der Waals surface area contributed by atoms with Crippen LogP contribution in [-0.4, -0.2) is 39.9 Å². The lowest BCUT2D eigenvalue weighted by Gasteiger charge is -2.25. The second kappa shape index (κ2) is 10.3. The van der Waals surface area contributed by atoms with Gasteiger partial charge < -0.3 is 10.2 Å². The molecule has 174 valence electrons. The lowest BCUT2D eigenvalue weighted by Crippen LogP contribution is -2.34. The van der Waals surface area contributed by atoms with E-state index in [1.54, 1.807) is 12.1 Å². The molecule has 0 bridgehead atoms. The number of halogens is 3. The molecule has 1 unspecified atom stereocenters. The van der Waals surface area contributed by atoms with Gasteiger partial charge in [-0.25, -0.2) is 17.2 Å². The van der Waals surface area contributed by atoms with Gasteiger partial charge >= 0.3 is 0 Å². The number of carbonyl (C=O) groups is 1. The first-order valence-corrected chi connectivity index (χ1v) is 11.7. The topological polar surface area (TPSA) is 78.5 Å². The predicted octanol–water partition coefficient (Wildman–Crippen LogP) is 4.45. The fraction of sp³-hybridized carbons (Fsp3) is 0.174. The molecule has 3 aromatic carbocycles. The molecule has 0 heterocycles. The van der Waals surface area contributed by atoms with Crippen molar-refractivity contribution in [1.82, 2.24) is 10.2 Å². The zero-order chi connectivity index (χ0) is 24.2. The van der Waals surface area contributed by atoms with E-state index in [1.807, 2.05) is 19.0 Å². The number of sulfonamides is 1. The van der Waals surface area contributed by atoms with Crippen molar-refractivity contribution in [3.8, 4) is 0 Å². The first-order chi connectivity index (χ1) is 15.6. The van der Waals surface area contributed by atoms with Crippen LogP contribution in [0.15, 0.2) is 71.6 Å². The minimum absolute atomic E-state index is 0.192. The van der Waals surface area contributed by atoms with Crippen molar-refractivity contribution < 1.29 is 22.0 Å². The highest BCUT2D eigenvalue weighted by Gasteiger charge is 2.18. The smallest absolute Gasteiger partial charge is 0.261 e. The van der Waals surface area contributed by atoms with Crippen LogP contribution in [-0.2, 0) is 10.0 Å². The number of hydrogen-bond acceptors (Lipinski definition) is 4. The number of likely N-dealkylation sites (N-methyl/N-ethyl adjacent to an activating group) is 1. The molecule has 0 aromatic heterocycles. The van der Waals surface area contributed by atoms with Gasteiger partial charge in [0.15, 0.2) is 0 Å². The molecule has 0 aliphatic carbocycles. The molecular weight excluding hydrogens is 472 g/mol. The Hall–Kier alpha value is -3.01. The number of rotatable bonds is 8. The second-order valence-corrected chi connectivity index (χ2v) is 9.59. The van der Waals surface area contributed by atoms with E-state index >= 15 is 0 Å².